The molecule has 1 heterocycles. The SMILES string of the molecule is CCC(C)(C)CNc1cc(C)nc2ccccc12. The Bertz CT molecular complexity index is 544. The molecule has 2 rings (SSSR count). The Morgan fingerprint density at radius 2 is 1.94 bits per heavy atom. The van der Waals surface area contributed by atoms with Crippen LogP contribution in [0.15, 0.2) is 30.3 Å². The molecule has 2 aromatic rings. The van der Waals surface area contributed by atoms with Crippen LogP contribution in [0.2, 0.25) is 0 Å². The lowest BCUT2D eigenvalue weighted by molar-refractivity contribution is 0.377. The average molecular weight is 242 g/mol. The van der Waals surface area contributed by atoms with Crippen molar-refractivity contribution in [3.63, 3.8) is 0 Å². The fourth-order valence-electron chi connectivity index (χ4n) is 1.91. The highest BCUT2D eigenvalue weighted by Gasteiger charge is 2.15. The Balaban J connectivity index is 2.33. The standard InChI is InChI=1S/C16H22N2/c1-5-16(3,4)11-17-15-10-12(2)18-14-9-7-6-8-13(14)15/h6-10H,5,11H2,1-4H3,(H,17,18). The lowest BCUT2D eigenvalue weighted by atomic mass is 9.90. The molecule has 0 spiro atoms. The van der Waals surface area contributed by atoms with Gasteiger partial charge in [0.15, 0.2) is 0 Å². The number of para-hydroxylation sites is 1. The normalized spacial score (nSPS) is 11.8. The third-order valence-electron chi connectivity index (χ3n) is 3.56. The van der Waals surface area contributed by atoms with Gasteiger partial charge in [-0.25, -0.2) is 0 Å². The van der Waals surface area contributed by atoms with Gasteiger partial charge in [-0.1, -0.05) is 39.0 Å². The molecule has 0 saturated carbocycles. The molecule has 0 atom stereocenters. The number of hydrogen-bond acceptors (Lipinski definition) is 2. The van der Waals surface area contributed by atoms with E-state index in [-0.39, 0.29) is 0 Å². The maximum absolute atomic E-state index is 4.56. The second kappa shape index (κ2) is 4.97. The van der Waals surface area contributed by atoms with Crippen LogP contribution < -0.4 is 5.32 Å². The van der Waals surface area contributed by atoms with E-state index >= 15 is 0 Å². The number of pyridine rings is 1. The molecule has 0 aliphatic heterocycles. The van der Waals surface area contributed by atoms with Gasteiger partial charge < -0.3 is 5.32 Å². The minimum atomic E-state index is 0.318. The summed E-state index contributed by atoms with van der Waals surface area (Å²) in [6.45, 7) is 9.84. The summed E-state index contributed by atoms with van der Waals surface area (Å²) in [7, 11) is 0. The molecule has 18 heavy (non-hydrogen) atoms. The zero-order valence-corrected chi connectivity index (χ0v) is 11.7. The molecule has 0 unspecified atom stereocenters. The Kier molecular flexibility index (Phi) is 3.55. The maximum Gasteiger partial charge on any atom is 0.0725 e. The molecular formula is C16H22N2. The third kappa shape index (κ3) is 2.81. The first-order valence-electron chi connectivity index (χ1n) is 6.62. The van der Waals surface area contributed by atoms with Crippen molar-refractivity contribution in [2.45, 2.75) is 34.1 Å². The number of fused-ring (bicyclic) bond motifs is 1. The number of hydrogen-bond donors (Lipinski definition) is 1. The van der Waals surface area contributed by atoms with E-state index in [4.69, 9.17) is 0 Å². The van der Waals surface area contributed by atoms with Crippen molar-refractivity contribution >= 4 is 16.6 Å². The van der Waals surface area contributed by atoms with Crippen LogP contribution in [0, 0.1) is 12.3 Å². The summed E-state index contributed by atoms with van der Waals surface area (Å²) in [5, 5.41) is 4.78. The van der Waals surface area contributed by atoms with E-state index in [1.165, 1.54) is 17.5 Å². The van der Waals surface area contributed by atoms with Gasteiger partial charge in [0.05, 0.1) is 5.52 Å². The Hall–Kier alpha value is -1.57. The zero-order chi connectivity index (χ0) is 13.2. The Morgan fingerprint density at radius 3 is 2.67 bits per heavy atom. The van der Waals surface area contributed by atoms with Crippen LogP contribution in [-0.4, -0.2) is 11.5 Å². The van der Waals surface area contributed by atoms with Crippen LogP contribution in [0.25, 0.3) is 10.9 Å². The largest absolute Gasteiger partial charge is 0.384 e. The lowest BCUT2D eigenvalue weighted by Gasteiger charge is -2.24. The summed E-state index contributed by atoms with van der Waals surface area (Å²) in [5.74, 6) is 0. The summed E-state index contributed by atoms with van der Waals surface area (Å²) in [5.41, 5.74) is 3.64. The average Bonchev–Trinajstić information content (AvgIpc) is 2.36. The maximum atomic E-state index is 4.56. The van der Waals surface area contributed by atoms with E-state index in [2.05, 4.69) is 55.3 Å². The first-order chi connectivity index (χ1) is 8.52. The lowest BCUT2D eigenvalue weighted by Crippen LogP contribution is -2.22. The molecule has 1 aromatic carbocycles. The monoisotopic (exact) mass is 242 g/mol. The van der Waals surface area contributed by atoms with Crippen LogP contribution in [0.3, 0.4) is 0 Å². The number of nitrogens with one attached hydrogen (secondary N) is 1. The fraction of sp³-hybridized carbons (Fsp3) is 0.438. The van der Waals surface area contributed by atoms with Gasteiger partial charge in [-0.2, -0.15) is 0 Å². The number of aromatic nitrogens is 1. The van der Waals surface area contributed by atoms with Crippen molar-refractivity contribution in [2.24, 2.45) is 5.41 Å². The highest BCUT2D eigenvalue weighted by atomic mass is 14.9. The van der Waals surface area contributed by atoms with Gasteiger partial charge in [-0.3, -0.25) is 4.98 Å². The molecule has 0 radical (unpaired) electrons. The molecule has 2 heteroatoms. The molecule has 1 N–H and O–H groups in total. The van der Waals surface area contributed by atoms with E-state index in [0.29, 0.717) is 5.41 Å². The van der Waals surface area contributed by atoms with Crippen LogP contribution in [0.4, 0.5) is 5.69 Å². The van der Waals surface area contributed by atoms with Gasteiger partial charge in [0.2, 0.25) is 0 Å². The quantitative estimate of drug-likeness (QED) is 0.860. The van der Waals surface area contributed by atoms with Crippen molar-refractivity contribution in [3.8, 4) is 0 Å². The molecule has 2 nitrogen and oxygen atoms in total. The van der Waals surface area contributed by atoms with Gasteiger partial charge >= 0.3 is 0 Å². The van der Waals surface area contributed by atoms with Crippen LogP contribution in [0.1, 0.15) is 32.9 Å². The molecule has 0 amide bonds. The van der Waals surface area contributed by atoms with E-state index in [9.17, 15) is 0 Å². The molecule has 0 fully saturated rings. The van der Waals surface area contributed by atoms with Gasteiger partial charge in [0.25, 0.3) is 0 Å². The van der Waals surface area contributed by atoms with E-state index < -0.39 is 0 Å². The van der Waals surface area contributed by atoms with Gasteiger partial charge in [-0.15, -0.1) is 0 Å². The fourth-order valence-corrected chi connectivity index (χ4v) is 1.91. The molecule has 0 aliphatic carbocycles. The van der Waals surface area contributed by atoms with Crippen molar-refractivity contribution in [3.05, 3.63) is 36.0 Å². The first-order valence-corrected chi connectivity index (χ1v) is 6.62. The number of anilines is 1. The molecular weight excluding hydrogens is 220 g/mol. The van der Waals surface area contributed by atoms with Crippen molar-refractivity contribution < 1.29 is 0 Å². The van der Waals surface area contributed by atoms with E-state index in [1.807, 2.05) is 13.0 Å². The van der Waals surface area contributed by atoms with Gasteiger partial charge in [-0.05, 0) is 30.9 Å². The number of rotatable bonds is 4. The smallest absolute Gasteiger partial charge is 0.0725 e. The highest BCUT2D eigenvalue weighted by Crippen LogP contribution is 2.26. The molecule has 0 bridgehead atoms. The second-order valence-electron chi connectivity index (χ2n) is 5.70. The molecule has 1 aromatic heterocycles. The summed E-state index contributed by atoms with van der Waals surface area (Å²) in [4.78, 5) is 4.56. The minimum Gasteiger partial charge on any atom is -0.384 e. The predicted molar refractivity (Wildman–Crippen MR) is 79.0 cm³/mol. The van der Waals surface area contributed by atoms with E-state index in [0.717, 1.165) is 17.8 Å². The Labute approximate surface area is 109 Å². The van der Waals surface area contributed by atoms with Crippen LogP contribution >= 0.6 is 0 Å². The first kappa shape index (κ1) is 12.9. The predicted octanol–water partition coefficient (Wildman–Crippen LogP) is 4.39. The minimum absolute atomic E-state index is 0.318. The highest BCUT2D eigenvalue weighted by molar-refractivity contribution is 5.91. The summed E-state index contributed by atoms with van der Waals surface area (Å²) in [6, 6.07) is 10.4. The molecule has 0 saturated heterocycles. The number of benzene rings is 1. The number of aryl methyl sites for hydroxylation is 1. The topological polar surface area (TPSA) is 24.9 Å². The summed E-state index contributed by atoms with van der Waals surface area (Å²) < 4.78 is 0. The molecule has 96 valence electrons. The van der Waals surface area contributed by atoms with E-state index in [1.54, 1.807) is 0 Å². The van der Waals surface area contributed by atoms with Crippen LogP contribution in [0.5, 0.6) is 0 Å². The van der Waals surface area contributed by atoms with Crippen molar-refractivity contribution in [1.82, 2.24) is 4.98 Å². The number of nitrogens with zero attached hydrogens (tertiary/aromatic N) is 1. The van der Waals surface area contributed by atoms with Crippen molar-refractivity contribution in [2.75, 3.05) is 11.9 Å². The summed E-state index contributed by atoms with van der Waals surface area (Å²) >= 11 is 0. The Morgan fingerprint density at radius 1 is 1.22 bits per heavy atom. The van der Waals surface area contributed by atoms with Crippen molar-refractivity contribution in [1.29, 1.82) is 0 Å². The summed E-state index contributed by atoms with van der Waals surface area (Å²) in [6.07, 6.45) is 1.17. The second-order valence-corrected chi connectivity index (χ2v) is 5.70. The van der Waals surface area contributed by atoms with Gasteiger partial charge in [0, 0.05) is 23.3 Å². The molecule has 0 aliphatic rings. The zero-order valence-electron chi connectivity index (χ0n) is 11.7. The van der Waals surface area contributed by atoms with Gasteiger partial charge in [0.1, 0.15) is 0 Å². The third-order valence-corrected chi connectivity index (χ3v) is 3.56. The van der Waals surface area contributed by atoms with Crippen LogP contribution in [-0.2, 0) is 0 Å².